The van der Waals surface area contributed by atoms with Crippen molar-refractivity contribution >= 4 is 27.7 Å². The van der Waals surface area contributed by atoms with Crippen molar-refractivity contribution in [2.45, 2.75) is 56.6 Å². The van der Waals surface area contributed by atoms with Crippen LogP contribution in [0.3, 0.4) is 0 Å². The topological polar surface area (TPSA) is 110 Å². The third-order valence-corrected chi connectivity index (χ3v) is 7.15. The quantitative estimate of drug-likeness (QED) is 0.527. The highest BCUT2D eigenvalue weighted by atomic mass is 32.2. The first-order valence-corrected chi connectivity index (χ1v) is 11.2. The molecule has 8 nitrogen and oxygen atoms in total. The molecular weight excluding hydrogens is 396 g/mol. The normalized spacial score (nSPS) is 19.4. The molecule has 2 fully saturated rings. The van der Waals surface area contributed by atoms with Crippen molar-refractivity contribution in [1.82, 2.24) is 9.62 Å². The minimum absolute atomic E-state index is 0.0663. The molecule has 1 amide bonds. The first-order chi connectivity index (χ1) is 13.7. The van der Waals surface area contributed by atoms with Crippen molar-refractivity contribution in [1.29, 1.82) is 0 Å². The lowest BCUT2D eigenvalue weighted by Gasteiger charge is -2.30. The van der Waals surface area contributed by atoms with Crippen molar-refractivity contribution in [2.75, 3.05) is 13.1 Å². The zero-order valence-corrected chi connectivity index (χ0v) is 17.4. The van der Waals surface area contributed by atoms with Gasteiger partial charge in [0.25, 0.3) is 5.91 Å². The van der Waals surface area contributed by atoms with E-state index in [2.05, 4.69) is 5.32 Å². The van der Waals surface area contributed by atoms with Crippen molar-refractivity contribution in [3.05, 3.63) is 29.8 Å². The van der Waals surface area contributed by atoms with Crippen LogP contribution in [0.4, 0.5) is 0 Å². The smallest absolute Gasteiger partial charge is 0.309 e. The van der Waals surface area contributed by atoms with Crippen LogP contribution in [0.25, 0.3) is 0 Å². The standard InChI is InChI=1S/C20H26N2O6S/c1-13(23)16-4-3-5-18(12-16)29(26,27)22-10-8-15(9-11-22)20(25)28-14(2)19(24)21-17-6-7-17/h3-5,12,14-15,17H,6-11H2,1-2H3,(H,21,24)/t14-/m0/s1. The molecule has 1 saturated heterocycles. The van der Waals surface area contributed by atoms with Gasteiger partial charge in [-0.25, -0.2) is 8.42 Å². The number of sulfonamides is 1. The lowest BCUT2D eigenvalue weighted by molar-refractivity contribution is -0.159. The summed E-state index contributed by atoms with van der Waals surface area (Å²) in [4.78, 5) is 35.9. The Morgan fingerprint density at radius 3 is 2.38 bits per heavy atom. The molecule has 0 radical (unpaired) electrons. The predicted octanol–water partition coefficient (Wildman–Crippen LogP) is 1.50. The Hall–Kier alpha value is -2.26. The number of piperidine rings is 1. The SMILES string of the molecule is CC(=O)c1cccc(S(=O)(=O)N2CCC(C(=O)O[C@@H](C)C(=O)NC3CC3)CC2)c1. The first-order valence-electron chi connectivity index (χ1n) is 9.80. The molecule has 9 heteroatoms. The second-order valence-corrected chi connectivity index (χ2v) is 9.56. The molecule has 3 rings (SSSR count). The fraction of sp³-hybridized carbons (Fsp3) is 0.550. The van der Waals surface area contributed by atoms with Crippen molar-refractivity contribution in [3.63, 3.8) is 0 Å². The van der Waals surface area contributed by atoms with E-state index in [9.17, 15) is 22.8 Å². The van der Waals surface area contributed by atoms with Crippen LogP contribution in [0, 0.1) is 5.92 Å². The number of hydrogen-bond acceptors (Lipinski definition) is 6. The van der Waals surface area contributed by atoms with Crippen LogP contribution in [-0.2, 0) is 24.3 Å². The zero-order chi connectivity index (χ0) is 21.2. The van der Waals surface area contributed by atoms with Gasteiger partial charge in [0.15, 0.2) is 11.9 Å². The molecule has 1 heterocycles. The van der Waals surface area contributed by atoms with Gasteiger partial charge in [-0.1, -0.05) is 12.1 Å². The Balaban J connectivity index is 1.56. The highest BCUT2D eigenvalue weighted by Crippen LogP contribution is 2.26. The van der Waals surface area contributed by atoms with Crippen molar-refractivity contribution in [2.24, 2.45) is 5.92 Å². The minimum atomic E-state index is -3.75. The van der Waals surface area contributed by atoms with Gasteiger partial charge in [0.1, 0.15) is 0 Å². The summed E-state index contributed by atoms with van der Waals surface area (Å²) in [5, 5.41) is 2.79. The van der Waals surface area contributed by atoms with E-state index in [1.165, 1.54) is 30.3 Å². The van der Waals surface area contributed by atoms with E-state index in [1.807, 2.05) is 0 Å². The number of Topliss-reactive ketones (excluding diaryl/α,β-unsaturated/α-hetero) is 1. The summed E-state index contributed by atoms with van der Waals surface area (Å²) >= 11 is 0. The molecule has 1 aliphatic heterocycles. The van der Waals surface area contributed by atoms with Crippen LogP contribution in [0.5, 0.6) is 0 Å². The van der Waals surface area contributed by atoms with E-state index in [0.717, 1.165) is 12.8 Å². The van der Waals surface area contributed by atoms with E-state index in [0.29, 0.717) is 18.4 Å². The lowest BCUT2D eigenvalue weighted by Crippen LogP contribution is -2.42. The summed E-state index contributed by atoms with van der Waals surface area (Å²) in [5.74, 6) is -1.42. The maximum atomic E-state index is 12.9. The Morgan fingerprint density at radius 1 is 1.14 bits per heavy atom. The summed E-state index contributed by atoms with van der Waals surface area (Å²) in [5.41, 5.74) is 0.336. The zero-order valence-electron chi connectivity index (χ0n) is 16.6. The molecule has 0 bridgehead atoms. The van der Waals surface area contributed by atoms with Gasteiger partial charge in [-0.05, 0) is 51.7 Å². The Morgan fingerprint density at radius 2 is 1.79 bits per heavy atom. The summed E-state index contributed by atoms with van der Waals surface area (Å²) in [6.45, 7) is 3.27. The number of carbonyl (C=O) groups is 3. The molecular formula is C20H26N2O6S. The molecule has 1 aromatic rings. The number of benzene rings is 1. The molecule has 0 aromatic heterocycles. The molecule has 1 atom stereocenters. The Labute approximate surface area is 170 Å². The van der Waals surface area contributed by atoms with Gasteiger partial charge in [-0.3, -0.25) is 14.4 Å². The van der Waals surface area contributed by atoms with Gasteiger partial charge in [-0.2, -0.15) is 4.31 Å². The third kappa shape index (κ3) is 5.22. The Bertz CT molecular complexity index is 901. The van der Waals surface area contributed by atoms with Gasteiger partial charge < -0.3 is 10.1 Å². The van der Waals surface area contributed by atoms with Crippen molar-refractivity contribution in [3.8, 4) is 0 Å². The van der Waals surface area contributed by atoms with Gasteiger partial charge >= 0.3 is 5.97 Å². The molecule has 158 valence electrons. The number of carbonyl (C=O) groups excluding carboxylic acids is 3. The number of nitrogens with one attached hydrogen (secondary N) is 1. The summed E-state index contributed by atoms with van der Waals surface area (Å²) in [6, 6.07) is 6.14. The molecule has 1 N–H and O–H groups in total. The number of amides is 1. The number of esters is 1. The molecule has 1 aromatic carbocycles. The maximum Gasteiger partial charge on any atom is 0.309 e. The van der Waals surface area contributed by atoms with Crippen LogP contribution in [0.2, 0.25) is 0 Å². The molecule has 1 aliphatic carbocycles. The average Bonchev–Trinajstić information content (AvgIpc) is 3.52. The van der Waals surface area contributed by atoms with E-state index in [-0.39, 0.29) is 35.7 Å². The van der Waals surface area contributed by atoms with Crippen molar-refractivity contribution < 1.29 is 27.5 Å². The van der Waals surface area contributed by atoms with E-state index in [4.69, 9.17) is 4.74 Å². The highest BCUT2D eigenvalue weighted by molar-refractivity contribution is 7.89. The number of ether oxygens (including phenoxy) is 1. The van der Waals surface area contributed by atoms with E-state index in [1.54, 1.807) is 12.1 Å². The average molecular weight is 423 g/mol. The second-order valence-electron chi connectivity index (χ2n) is 7.62. The highest BCUT2D eigenvalue weighted by Gasteiger charge is 2.34. The van der Waals surface area contributed by atoms with Crippen LogP contribution in [-0.4, -0.2) is 55.6 Å². The molecule has 1 saturated carbocycles. The minimum Gasteiger partial charge on any atom is -0.452 e. The fourth-order valence-corrected chi connectivity index (χ4v) is 4.74. The van der Waals surface area contributed by atoms with E-state index < -0.39 is 28.0 Å². The maximum absolute atomic E-state index is 12.9. The third-order valence-electron chi connectivity index (χ3n) is 5.25. The number of ketones is 1. The molecule has 0 spiro atoms. The van der Waals surface area contributed by atoms with Crippen LogP contribution < -0.4 is 5.32 Å². The van der Waals surface area contributed by atoms with E-state index >= 15 is 0 Å². The molecule has 0 unspecified atom stereocenters. The number of rotatable bonds is 7. The summed E-state index contributed by atoms with van der Waals surface area (Å²) < 4.78 is 32.3. The number of nitrogens with zero attached hydrogens (tertiary/aromatic N) is 1. The lowest BCUT2D eigenvalue weighted by atomic mass is 9.98. The monoisotopic (exact) mass is 422 g/mol. The van der Waals surface area contributed by atoms with Crippen LogP contribution >= 0.6 is 0 Å². The van der Waals surface area contributed by atoms with Gasteiger partial charge in [0.2, 0.25) is 10.0 Å². The molecule has 29 heavy (non-hydrogen) atoms. The Kier molecular flexibility index (Phi) is 6.38. The molecule has 2 aliphatic rings. The largest absolute Gasteiger partial charge is 0.452 e. The van der Waals surface area contributed by atoms with Gasteiger partial charge in [-0.15, -0.1) is 0 Å². The predicted molar refractivity (Wildman–Crippen MR) is 105 cm³/mol. The number of hydrogen-bond donors (Lipinski definition) is 1. The fourth-order valence-electron chi connectivity index (χ4n) is 3.23. The van der Waals surface area contributed by atoms with Gasteiger partial charge in [0, 0.05) is 24.7 Å². The van der Waals surface area contributed by atoms with Gasteiger partial charge in [0.05, 0.1) is 10.8 Å². The summed E-state index contributed by atoms with van der Waals surface area (Å²) in [6.07, 6.45) is 1.69. The summed E-state index contributed by atoms with van der Waals surface area (Å²) in [7, 11) is -3.75. The second kappa shape index (κ2) is 8.62. The van der Waals surface area contributed by atoms with Crippen LogP contribution in [0.15, 0.2) is 29.2 Å². The van der Waals surface area contributed by atoms with Crippen LogP contribution in [0.1, 0.15) is 49.9 Å². The first kappa shape index (κ1) is 21.4.